The molecule has 0 bridgehead atoms. The average Bonchev–Trinajstić information content (AvgIpc) is 2.77. The zero-order valence-electron chi connectivity index (χ0n) is 16.9. The second kappa shape index (κ2) is 10.1. The highest BCUT2D eigenvalue weighted by Crippen LogP contribution is 2.28. The van der Waals surface area contributed by atoms with E-state index in [4.69, 9.17) is 21.1 Å². The van der Waals surface area contributed by atoms with Gasteiger partial charge in [-0.15, -0.1) is 0 Å². The van der Waals surface area contributed by atoms with E-state index in [1.165, 1.54) is 12.1 Å². The van der Waals surface area contributed by atoms with Gasteiger partial charge < -0.3 is 14.4 Å². The summed E-state index contributed by atoms with van der Waals surface area (Å²) in [5.41, 5.74) is 2.42. The van der Waals surface area contributed by atoms with Crippen LogP contribution in [0.4, 0.5) is 4.39 Å². The smallest absolute Gasteiger partial charge is 0.254 e. The van der Waals surface area contributed by atoms with Crippen molar-refractivity contribution < 1.29 is 18.7 Å². The van der Waals surface area contributed by atoms with Gasteiger partial charge in [0, 0.05) is 23.7 Å². The summed E-state index contributed by atoms with van der Waals surface area (Å²) < 4.78 is 23.9. The van der Waals surface area contributed by atoms with Gasteiger partial charge >= 0.3 is 0 Å². The van der Waals surface area contributed by atoms with E-state index in [1.807, 2.05) is 18.2 Å². The van der Waals surface area contributed by atoms with Crippen LogP contribution in [0.5, 0.6) is 11.5 Å². The number of nitrogens with zero attached hydrogens (tertiary/aromatic N) is 1. The summed E-state index contributed by atoms with van der Waals surface area (Å²) in [6.45, 7) is 0.851. The molecule has 0 radical (unpaired) electrons. The van der Waals surface area contributed by atoms with Gasteiger partial charge in [-0.1, -0.05) is 29.8 Å². The number of hydrogen-bond donors (Lipinski definition) is 0. The lowest BCUT2D eigenvalue weighted by atomic mass is 10.1. The van der Waals surface area contributed by atoms with Crippen LogP contribution < -0.4 is 9.47 Å². The third-order valence-electron chi connectivity index (χ3n) is 4.78. The van der Waals surface area contributed by atoms with Gasteiger partial charge in [0.25, 0.3) is 5.91 Å². The van der Waals surface area contributed by atoms with Gasteiger partial charge in [-0.05, 0) is 66.1 Å². The van der Waals surface area contributed by atoms with E-state index in [1.54, 1.807) is 55.5 Å². The van der Waals surface area contributed by atoms with Crippen molar-refractivity contribution in [3.63, 3.8) is 0 Å². The molecule has 0 unspecified atom stereocenters. The first kappa shape index (κ1) is 21.7. The first-order chi connectivity index (χ1) is 14.5. The Morgan fingerprint density at radius 3 is 2.17 bits per heavy atom. The highest BCUT2D eigenvalue weighted by molar-refractivity contribution is 6.30. The van der Waals surface area contributed by atoms with Crippen molar-refractivity contribution in [2.24, 2.45) is 0 Å². The first-order valence-corrected chi connectivity index (χ1v) is 9.88. The number of rotatable bonds is 8. The van der Waals surface area contributed by atoms with Crippen LogP contribution in [-0.2, 0) is 13.0 Å². The lowest BCUT2D eigenvalue weighted by Crippen LogP contribution is -2.32. The molecule has 0 saturated carbocycles. The number of benzene rings is 3. The van der Waals surface area contributed by atoms with Gasteiger partial charge in [0.05, 0.1) is 14.2 Å². The number of carbonyl (C=O) groups excluding carboxylic acids is 1. The molecule has 0 spiro atoms. The number of halogens is 2. The highest BCUT2D eigenvalue weighted by atomic mass is 35.5. The minimum Gasteiger partial charge on any atom is -0.493 e. The second-order valence-corrected chi connectivity index (χ2v) is 7.24. The van der Waals surface area contributed by atoms with Crippen LogP contribution in [0.2, 0.25) is 5.02 Å². The Kier molecular flexibility index (Phi) is 7.31. The second-order valence-electron chi connectivity index (χ2n) is 6.80. The van der Waals surface area contributed by atoms with E-state index >= 15 is 0 Å². The van der Waals surface area contributed by atoms with Gasteiger partial charge in [0.1, 0.15) is 5.82 Å². The van der Waals surface area contributed by atoms with Crippen LogP contribution in [0.3, 0.4) is 0 Å². The fourth-order valence-corrected chi connectivity index (χ4v) is 3.26. The third kappa shape index (κ3) is 5.51. The van der Waals surface area contributed by atoms with Crippen LogP contribution in [0.15, 0.2) is 66.7 Å². The SMILES string of the molecule is COc1ccc(CCN(Cc2ccc(F)cc2)C(=O)c2ccc(Cl)cc2)cc1OC. The molecule has 1 amide bonds. The molecule has 0 aliphatic carbocycles. The van der Waals surface area contributed by atoms with Gasteiger partial charge in [-0.3, -0.25) is 4.79 Å². The maximum Gasteiger partial charge on any atom is 0.254 e. The highest BCUT2D eigenvalue weighted by Gasteiger charge is 2.17. The minimum atomic E-state index is -0.306. The van der Waals surface area contributed by atoms with Crippen LogP contribution in [0, 0.1) is 5.82 Å². The van der Waals surface area contributed by atoms with Crippen molar-refractivity contribution in [2.45, 2.75) is 13.0 Å². The molecular formula is C24H23ClFNO3. The van der Waals surface area contributed by atoms with Gasteiger partial charge in [0.15, 0.2) is 11.5 Å². The topological polar surface area (TPSA) is 38.8 Å². The maximum atomic E-state index is 13.3. The van der Waals surface area contributed by atoms with Crippen molar-refractivity contribution in [3.05, 3.63) is 94.3 Å². The summed E-state index contributed by atoms with van der Waals surface area (Å²) in [7, 11) is 3.18. The largest absolute Gasteiger partial charge is 0.493 e. The number of ether oxygens (including phenoxy) is 2. The fourth-order valence-electron chi connectivity index (χ4n) is 3.14. The average molecular weight is 428 g/mol. The Balaban J connectivity index is 1.80. The molecule has 0 aliphatic rings. The van der Waals surface area contributed by atoms with E-state index in [0.29, 0.717) is 41.6 Å². The van der Waals surface area contributed by atoms with E-state index in [-0.39, 0.29) is 11.7 Å². The standard InChI is InChI=1S/C24H23ClFNO3/c1-29-22-12-5-17(15-23(22)30-2)13-14-27(16-18-3-10-21(26)11-4-18)24(28)19-6-8-20(25)9-7-19/h3-12,15H,13-14,16H2,1-2H3. The van der Waals surface area contributed by atoms with Gasteiger partial charge in [0.2, 0.25) is 0 Å². The molecule has 4 nitrogen and oxygen atoms in total. The third-order valence-corrected chi connectivity index (χ3v) is 5.04. The van der Waals surface area contributed by atoms with E-state index in [9.17, 15) is 9.18 Å². The molecule has 3 aromatic rings. The molecule has 30 heavy (non-hydrogen) atoms. The molecule has 0 fully saturated rings. The summed E-state index contributed by atoms with van der Waals surface area (Å²) in [6, 6.07) is 18.7. The van der Waals surface area contributed by atoms with Crippen molar-refractivity contribution in [3.8, 4) is 11.5 Å². The van der Waals surface area contributed by atoms with E-state index in [0.717, 1.165) is 11.1 Å². The number of hydrogen-bond acceptors (Lipinski definition) is 3. The molecule has 0 atom stereocenters. The Bertz CT molecular complexity index is 990. The zero-order chi connectivity index (χ0) is 21.5. The first-order valence-electron chi connectivity index (χ1n) is 9.50. The normalized spacial score (nSPS) is 10.5. The monoisotopic (exact) mass is 427 g/mol. The summed E-state index contributed by atoms with van der Waals surface area (Å²) in [4.78, 5) is 14.9. The van der Waals surface area contributed by atoms with Gasteiger partial charge in [-0.25, -0.2) is 4.39 Å². The van der Waals surface area contributed by atoms with Crippen LogP contribution in [0.25, 0.3) is 0 Å². The maximum absolute atomic E-state index is 13.3. The Labute approximate surface area is 180 Å². The molecule has 0 N–H and O–H groups in total. The lowest BCUT2D eigenvalue weighted by Gasteiger charge is -2.23. The number of carbonyl (C=O) groups is 1. The van der Waals surface area contributed by atoms with Crippen molar-refractivity contribution in [1.82, 2.24) is 4.90 Å². The molecule has 0 aliphatic heterocycles. The molecule has 6 heteroatoms. The predicted octanol–water partition coefficient (Wildman–Crippen LogP) is 5.38. The zero-order valence-corrected chi connectivity index (χ0v) is 17.7. The Morgan fingerprint density at radius 2 is 1.53 bits per heavy atom. The Morgan fingerprint density at radius 1 is 0.900 bits per heavy atom. The lowest BCUT2D eigenvalue weighted by molar-refractivity contribution is 0.0745. The predicted molar refractivity (Wildman–Crippen MR) is 116 cm³/mol. The van der Waals surface area contributed by atoms with Crippen molar-refractivity contribution in [2.75, 3.05) is 20.8 Å². The van der Waals surface area contributed by atoms with Gasteiger partial charge in [-0.2, -0.15) is 0 Å². The summed E-state index contributed by atoms with van der Waals surface area (Å²) >= 11 is 5.95. The van der Waals surface area contributed by atoms with Crippen LogP contribution in [0.1, 0.15) is 21.5 Å². The molecule has 3 aromatic carbocycles. The van der Waals surface area contributed by atoms with Crippen molar-refractivity contribution in [1.29, 1.82) is 0 Å². The number of methoxy groups -OCH3 is 2. The summed E-state index contributed by atoms with van der Waals surface area (Å²) in [6.07, 6.45) is 0.626. The summed E-state index contributed by atoms with van der Waals surface area (Å²) in [5, 5.41) is 0.571. The molecule has 156 valence electrons. The fraction of sp³-hybridized carbons (Fsp3) is 0.208. The summed E-state index contributed by atoms with van der Waals surface area (Å²) in [5.74, 6) is 0.877. The Hall–Kier alpha value is -3.05. The minimum absolute atomic E-state index is 0.114. The molecule has 0 saturated heterocycles. The number of amides is 1. The molecule has 0 heterocycles. The van der Waals surface area contributed by atoms with E-state index in [2.05, 4.69) is 0 Å². The van der Waals surface area contributed by atoms with Crippen molar-refractivity contribution >= 4 is 17.5 Å². The van der Waals surface area contributed by atoms with E-state index < -0.39 is 0 Å². The van der Waals surface area contributed by atoms with Crippen LogP contribution >= 0.6 is 11.6 Å². The molecule has 3 rings (SSSR count). The molecule has 0 aromatic heterocycles. The molecular weight excluding hydrogens is 405 g/mol. The van der Waals surface area contributed by atoms with Crippen LogP contribution in [-0.4, -0.2) is 31.6 Å². The quantitative estimate of drug-likeness (QED) is 0.484.